The Morgan fingerprint density at radius 3 is 2.23 bits per heavy atom. The van der Waals surface area contributed by atoms with Gasteiger partial charge >= 0.3 is 0 Å². The van der Waals surface area contributed by atoms with E-state index in [1.165, 1.54) is 0 Å². The van der Waals surface area contributed by atoms with E-state index in [-0.39, 0.29) is 23.9 Å². The highest BCUT2D eigenvalue weighted by Gasteiger charge is 2.14. The summed E-state index contributed by atoms with van der Waals surface area (Å²) in [4.78, 5) is 11.4. The van der Waals surface area contributed by atoms with Crippen LogP contribution in [0.5, 0.6) is 0 Å². The molecule has 0 radical (unpaired) electrons. The highest BCUT2D eigenvalue weighted by atomic mass is 16.5. The van der Waals surface area contributed by atoms with Gasteiger partial charge in [0.1, 0.15) is 5.78 Å². The molecule has 0 amide bonds. The van der Waals surface area contributed by atoms with Gasteiger partial charge in [0, 0.05) is 12.3 Å². The highest BCUT2D eigenvalue weighted by molar-refractivity contribution is 5.80. The molecule has 1 unspecified atom stereocenters. The minimum Gasteiger partial charge on any atom is -0.371 e. The molecule has 2 nitrogen and oxygen atoms in total. The van der Waals surface area contributed by atoms with Crippen molar-refractivity contribution in [2.45, 2.75) is 46.3 Å². The van der Waals surface area contributed by atoms with Gasteiger partial charge in [0.15, 0.2) is 0 Å². The third-order valence-electron chi connectivity index (χ3n) is 1.76. The number of carbonyl (C=O) groups excluding carboxylic acids is 1. The lowest BCUT2D eigenvalue weighted by molar-refractivity contribution is -0.124. The van der Waals surface area contributed by atoms with Crippen LogP contribution in [0.2, 0.25) is 0 Å². The van der Waals surface area contributed by atoms with Crippen molar-refractivity contribution in [3.05, 3.63) is 12.7 Å². The van der Waals surface area contributed by atoms with E-state index in [1.54, 1.807) is 6.08 Å². The van der Waals surface area contributed by atoms with Crippen LogP contribution in [0.15, 0.2) is 12.7 Å². The summed E-state index contributed by atoms with van der Waals surface area (Å²) < 4.78 is 5.48. The summed E-state index contributed by atoms with van der Waals surface area (Å²) in [6.45, 7) is 11.4. The maximum Gasteiger partial charge on any atom is 0.138 e. The van der Waals surface area contributed by atoms with E-state index in [0.29, 0.717) is 6.42 Å². The zero-order valence-electron chi connectivity index (χ0n) is 9.04. The summed E-state index contributed by atoms with van der Waals surface area (Å²) in [5.74, 6) is 0.309. The van der Waals surface area contributed by atoms with Gasteiger partial charge < -0.3 is 4.74 Å². The third kappa shape index (κ3) is 5.58. The molecule has 0 heterocycles. The molecule has 0 aliphatic heterocycles. The molecule has 0 aliphatic carbocycles. The number of hydrogen-bond donors (Lipinski definition) is 0. The monoisotopic (exact) mass is 184 g/mol. The van der Waals surface area contributed by atoms with Gasteiger partial charge in [-0.3, -0.25) is 4.79 Å². The van der Waals surface area contributed by atoms with Crippen LogP contribution in [0.4, 0.5) is 0 Å². The predicted molar refractivity (Wildman–Crippen MR) is 54.7 cm³/mol. The third-order valence-corrected chi connectivity index (χ3v) is 1.76. The molecule has 76 valence electrons. The second kappa shape index (κ2) is 5.92. The SMILES string of the molecule is C=CC(CC(=O)C(C)C)OC(C)C. The molecule has 0 aromatic rings. The minimum absolute atomic E-state index is 0.0817. The lowest BCUT2D eigenvalue weighted by atomic mass is 10.0. The standard InChI is InChI=1S/C11H20O2/c1-6-10(13-9(4)5)7-11(12)8(2)3/h6,8-10H,1,7H2,2-5H3. The predicted octanol–water partition coefficient (Wildman–Crippen LogP) is 2.58. The Kier molecular flexibility index (Phi) is 5.63. The summed E-state index contributed by atoms with van der Waals surface area (Å²) in [5.41, 5.74) is 0. The Morgan fingerprint density at radius 1 is 1.38 bits per heavy atom. The first-order valence-electron chi connectivity index (χ1n) is 4.78. The fourth-order valence-corrected chi connectivity index (χ4v) is 0.971. The topological polar surface area (TPSA) is 26.3 Å². The first-order chi connectivity index (χ1) is 5.97. The summed E-state index contributed by atoms with van der Waals surface area (Å²) in [6.07, 6.45) is 2.15. The molecule has 0 fully saturated rings. The van der Waals surface area contributed by atoms with Crippen LogP contribution < -0.4 is 0 Å². The molecule has 0 spiro atoms. The van der Waals surface area contributed by atoms with Crippen molar-refractivity contribution in [1.82, 2.24) is 0 Å². The molecule has 2 heteroatoms. The largest absolute Gasteiger partial charge is 0.371 e. The second-order valence-corrected chi connectivity index (χ2v) is 3.78. The zero-order valence-corrected chi connectivity index (χ0v) is 9.04. The second-order valence-electron chi connectivity index (χ2n) is 3.78. The molecule has 0 saturated heterocycles. The molecule has 0 N–H and O–H groups in total. The fraction of sp³-hybridized carbons (Fsp3) is 0.727. The van der Waals surface area contributed by atoms with Gasteiger partial charge in [-0.05, 0) is 13.8 Å². The van der Waals surface area contributed by atoms with E-state index in [0.717, 1.165) is 0 Å². The van der Waals surface area contributed by atoms with E-state index < -0.39 is 0 Å². The summed E-state index contributed by atoms with van der Waals surface area (Å²) in [7, 11) is 0. The van der Waals surface area contributed by atoms with E-state index >= 15 is 0 Å². The van der Waals surface area contributed by atoms with E-state index in [2.05, 4.69) is 6.58 Å². The lowest BCUT2D eigenvalue weighted by Gasteiger charge is -2.16. The van der Waals surface area contributed by atoms with Crippen LogP contribution in [0.1, 0.15) is 34.1 Å². The Hall–Kier alpha value is -0.630. The number of ketones is 1. The maximum atomic E-state index is 11.4. The number of rotatable bonds is 6. The van der Waals surface area contributed by atoms with Crippen molar-refractivity contribution < 1.29 is 9.53 Å². The molecular formula is C11H20O2. The molecular weight excluding hydrogens is 164 g/mol. The van der Waals surface area contributed by atoms with Crippen LogP contribution in [0, 0.1) is 5.92 Å². The Bertz CT molecular complexity index is 171. The molecule has 0 bridgehead atoms. The van der Waals surface area contributed by atoms with Crippen molar-refractivity contribution in [3.63, 3.8) is 0 Å². The van der Waals surface area contributed by atoms with Crippen molar-refractivity contribution in [1.29, 1.82) is 0 Å². The smallest absolute Gasteiger partial charge is 0.138 e. The lowest BCUT2D eigenvalue weighted by Crippen LogP contribution is -2.21. The van der Waals surface area contributed by atoms with Crippen LogP contribution in [0.25, 0.3) is 0 Å². The first-order valence-corrected chi connectivity index (χ1v) is 4.78. The number of carbonyl (C=O) groups is 1. The van der Waals surface area contributed by atoms with Gasteiger partial charge in [0.25, 0.3) is 0 Å². The normalized spacial score (nSPS) is 13.4. The maximum absolute atomic E-state index is 11.4. The fourth-order valence-electron chi connectivity index (χ4n) is 0.971. The minimum atomic E-state index is -0.130. The average Bonchev–Trinajstić information content (AvgIpc) is 2.02. The van der Waals surface area contributed by atoms with E-state index in [4.69, 9.17) is 4.74 Å². The first kappa shape index (κ1) is 12.4. The summed E-state index contributed by atoms with van der Waals surface area (Å²) in [6, 6.07) is 0. The van der Waals surface area contributed by atoms with Crippen molar-refractivity contribution in [2.24, 2.45) is 5.92 Å². The van der Waals surface area contributed by atoms with Crippen LogP contribution in [0.3, 0.4) is 0 Å². The molecule has 13 heavy (non-hydrogen) atoms. The van der Waals surface area contributed by atoms with Gasteiger partial charge in [-0.2, -0.15) is 0 Å². The van der Waals surface area contributed by atoms with E-state index in [1.807, 2.05) is 27.7 Å². The summed E-state index contributed by atoms with van der Waals surface area (Å²) >= 11 is 0. The van der Waals surface area contributed by atoms with Gasteiger partial charge in [0.05, 0.1) is 12.2 Å². The Balaban J connectivity index is 3.98. The van der Waals surface area contributed by atoms with Gasteiger partial charge in [-0.1, -0.05) is 19.9 Å². The molecule has 0 aromatic heterocycles. The summed E-state index contributed by atoms with van der Waals surface area (Å²) in [5, 5.41) is 0. The molecule has 0 aliphatic rings. The Labute approximate surface area is 81.0 Å². The number of hydrogen-bond acceptors (Lipinski definition) is 2. The van der Waals surface area contributed by atoms with Crippen molar-refractivity contribution in [3.8, 4) is 0 Å². The van der Waals surface area contributed by atoms with Crippen LogP contribution >= 0.6 is 0 Å². The van der Waals surface area contributed by atoms with E-state index in [9.17, 15) is 4.79 Å². The molecule has 1 atom stereocenters. The van der Waals surface area contributed by atoms with Crippen molar-refractivity contribution in [2.75, 3.05) is 0 Å². The number of Topliss-reactive ketones (excluding diaryl/α,β-unsaturated/α-hetero) is 1. The Morgan fingerprint density at radius 2 is 1.92 bits per heavy atom. The molecule has 0 aromatic carbocycles. The van der Waals surface area contributed by atoms with Crippen molar-refractivity contribution >= 4 is 5.78 Å². The van der Waals surface area contributed by atoms with Gasteiger partial charge in [-0.15, -0.1) is 6.58 Å². The van der Waals surface area contributed by atoms with Gasteiger partial charge in [0.2, 0.25) is 0 Å². The van der Waals surface area contributed by atoms with Gasteiger partial charge in [-0.25, -0.2) is 0 Å². The quantitative estimate of drug-likeness (QED) is 0.593. The number of ether oxygens (including phenoxy) is 1. The molecule has 0 rings (SSSR count). The molecule has 0 saturated carbocycles. The van der Waals surface area contributed by atoms with Crippen LogP contribution in [-0.2, 0) is 9.53 Å². The average molecular weight is 184 g/mol. The van der Waals surface area contributed by atoms with Crippen LogP contribution in [-0.4, -0.2) is 18.0 Å². The zero-order chi connectivity index (χ0) is 10.4. The highest BCUT2D eigenvalue weighted by Crippen LogP contribution is 2.08.